The molecular weight excluding hydrogens is 487 g/mol. The number of hydrogen-bond donors (Lipinski definition) is 1. The normalized spacial score (nSPS) is 11.0. The number of aromatic nitrogens is 3. The van der Waals surface area contributed by atoms with Crippen LogP contribution in [0.25, 0.3) is 22.2 Å². The van der Waals surface area contributed by atoms with Gasteiger partial charge < -0.3 is 10.1 Å². The Balaban J connectivity index is 1.53. The van der Waals surface area contributed by atoms with Gasteiger partial charge in [0, 0.05) is 36.3 Å². The van der Waals surface area contributed by atoms with E-state index in [0.717, 1.165) is 24.1 Å². The zero-order chi connectivity index (χ0) is 24.9. The van der Waals surface area contributed by atoms with Crippen LogP contribution in [-0.4, -0.2) is 27.1 Å². The van der Waals surface area contributed by atoms with Crippen LogP contribution in [0.4, 0.5) is 11.6 Å². The first-order chi connectivity index (χ1) is 16.9. The number of carbonyl (C=O) groups is 1. The summed E-state index contributed by atoms with van der Waals surface area (Å²) in [6.07, 6.45) is 3.57. The quantitative estimate of drug-likeness (QED) is 0.295. The number of nitrogens with one attached hydrogen (secondary N) is 1. The molecule has 2 aromatic heterocycles. The second-order valence-corrected chi connectivity index (χ2v) is 8.79. The van der Waals surface area contributed by atoms with Crippen molar-refractivity contribution in [3.05, 3.63) is 80.7 Å². The lowest BCUT2D eigenvalue weighted by atomic mass is 10.1. The summed E-state index contributed by atoms with van der Waals surface area (Å²) in [5, 5.41) is 4.65. The Morgan fingerprint density at radius 1 is 1.11 bits per heavy atom. The second-order valence-electron chi connectivity index (χ2n) is 7.97. The predicted molar refractivity (Wildman–Crippen MR) is 140 cm³/mol. The molecule has 0 amide bonds. The number of esters is 1. The molecule has 7 nitrogen and oxygen atoms in total. The molecule has 0 aliphatic heterocycles. The molecule has 2 aromatic carbocycles. The fraction of sp³-hybridized carbons (Fsp3) is 0.231. The van der Waals surface area contributed by atoms with Gasteiger partial charge in [0.05, 0.1) is 22.2 Å². The summed E-state index contributed by atoms with van der Waals surface area (Å²) < 4.78 is 6.42. The Kier molecular flexibility index (Phi) is 7.68. The molecule has 0 fully saturated rings. The van der Waals surface area contributed by atoms with Gasteiger partial charge >= 0.3 is 5.97 Å². The van der Waals surface area contributed by atoms with Crippen molar-refractivity contribution in [3.8, 4) is 11.1 Å². The summed E-state index contributed by atoms with van der Waals surface area (Å²) >= 11 is 12.7. The molecule has 180 valence electrons. The summed E-state index contributed by atoms with van der Waals surface area (Å²) in [6, 6.07) is 14.7. The summed E-state index contributed by atoms with van der Waals surface area (Å²) in [6.45, 7) is 2.21. The number of hydrogen-bond acceptors (Lipinski definition) is 6. The molecule has 0 bridgehead atoms. The van der Waals surface area contributed by atoms with Gasteiger partial charge in [-0.2, -0.15) is 4.98 Å². The molecule has 0 spiro atoms. The first-order valence-electron chi connectivity index (χ1n) is 11.2. The van der Waals surface area contributed by atoms with Crippen LogP contribution in [0.3, 0.4) is 0 Å². The number of ether oxygens (including phenoxy) is 1. The number of benzene rings is 2. The fourth-order valence-electron chi connectivity index (χ4n) is 3.80. The van der Waals surface area contributed by atoms with Gasteiger partial charge in [-0.3, -0.25) is 14.2 Å². The molecule has 4 rings (SSSR count). The molecule has 0 saturated carbocycles. The molecule has 35 heavy (non-hydrogen) atoms. The van der Waals surface area contributed by atoms with Crippen molar-refractivity contribution < 1.29 is 9.53 Å². The number of rotatable bonds is 8. The van der Waals surface area contributed by atoms with Gasteiger partial charge in [-0.1, -0.05) is 41.4 Å². The van der Waals surface area contributed by atoms with Crippen molar-refractivity contribution in [2.75, 3.05) is 11.9 Å². The van der Waals surface area contributed by atoms with Crippen molar-refractivity contribution in [1.29, 1.82) is 0 Å². The fourth-order valence-corrected chi connectivity index (χ4v) is 4.40. The Bertz CT molecular complexity index is 1420. The summed E-state index contributed by atoms with van der Waals surface area (Å²) in [4.78, 5) is 33.5. The largest absolute Gasteiger partial charge is 0.466 e. The van der Waals surface area contributed by atoms with Crippen molar-refractivity contribution in [2.45, 2.75) is 26.2 Å². The topological polar surface area (TPSA) is 86.1 Å². The molecule has 0 saturated heterocycles. The number of fused-ring (bicyclic) bond motifs is 1. The van der Waals surface area contributed by atoms with E-state index in [4.69, 9.17) is 27.9 Å². The van der Waals surface area contributed by atoms with Crippen molar-refractivity contribution >= 4 is 51.8 Å². The van der Waals surface area contributed by atoms with Gasteiger partial charge in [0.2, 0.25) is 5.95 Å². The minimum atomic E-state index is -0.260. The maximum absolute atomic E-state index is 13.1. The van der Waals surface area contributed by atoms with Gasteiger partial charge in [0.25, 0.3) is 5.56 Å². The molecule has 0 unspecified atom stereocenters. The lowest BCUT2D eigenvalue weighted by Gasteiger charge is -2.12. The number of carbonyl (C=O) groups excluding carboxylic acids is 1. The van der Waals surface area contributed by atoms with Gasteiger partial charge in [0.1, 0.15) is 5.65 Å². The first-order valence-corrected chi connectivity index (χ1v) is 12.0. The highest BCUT2D eigenvalue weighted by atomic mass is 35.5. The highest BCUT2D eigenvalue weighted by Gasteiger charge is 2.16. The maximum Gasteiger partial charge on any atom is 0.305 e. The standard InChI is InChI=1S/C26H24Cl2N4O3/c1-3-35-22(33)9-4-6-16-10-12-18(13-11-16)30-26-29-15-17-14-19(25(34)32(2)24(17)31-26)23-20(27)7-5-8-21(23)28/h5,7-8,10-15H,3-4,6,9H2,1-2H3,(H,29,30,31). The SMILES string of the molecule is CCOC(=O)CCCc1ccc(Nc2ncc3cc(-c4c(Cl)cccc4Cl)c(=O)n(C)c3n2)cc1. The third-order valence-corrected chi connectivity index (χ3v) is 6.17. The third kappa shape index (κ3) is 5.63. The zero-order valence-corrected chi connectivity index (χ0v) is 20.9. The number of halogens is 2. The van der Waals surface area contributed by atoms with Gasteiger partial charge in [-0.05, 0) is 55.7 Å². The third-order valence-electron chi connectivity index (χ3n) is 5.54. The lowest BCUT2D eigenvalue weighted by molar-refractivity contribution is -0.143. The molecule has 0 aliphatic rings. The van der Waals surface area contributed by atoms with Gasteiger partial charge in [-0.15, -0.1) is 0 Å². The number of aryl methyl sites for hydroxylation is 2. The second kappa shape index (κ2) is 10.9. The minimum absolute atomic E-state index is 0.171. The number of nitrogens with zero attached hydrogens (tertiary/aromatic N) is 3. The van der Waals surface area contributed by atoms with E-state index in [1.165, 1.54) is 4.57 Å². The van der Waals surface area contributed by atoms with E-state index >= 15 is 0 Å². The van der Waals surface area contributed by atoms with Gasteiger partial charge in [0.15, 0.2) is 0 Å². The van der Waals surface area contributed by atoms with Crippen LogP contribution < -0.4 is 10.9 Å². The highest BCUT2D eigenvalue weighted by molar-refractivity contribution is 6.39. The minimum Gasteiger partial charge on any atom is -0.466 e. The predicted octanol–water partition coefficient (Wildman–Crippen LogP) is 5.93. The molecule has 0 radical (unpaired) electrons. The van der Waals surface area contributed by atoms with Crippen LogP contribution >= 0.6 is 23.2 Å². The Hall–Kier alpha value is -3.42. The van der Waals surface area contributed by atoms with E-state index in [9.17, 15) is 9.59 Å². The van der Waals surface area contributed by atoms with Crippen LogP contribution in [0.2, 0.25) is 10.0 Å². The van der Waals surface area contributed by atoms with Crippen molar-refractivity contribution in [2.24, 2.45) is 7.05 Å². The van der Waals surface area contributed by atoms with E-state index in [-0.39, 0.29) is 11.5 Å². The van der Waals surface area contributed by atoms with Gasteiger partial charge in [-0.25, -0.2) is 4.98 Å². The number of pyridine rings is 1. The average molecular weight is 511 g/mol. The van der Waals surface area contributed by atoms with E-state index in [2.05, 4.69) is 15.3 Å². The van der Waals surface area contributed by atoms with Crippen molar-refractivity contribution in [3.63, 3.8) is 0 Å². The van der Waals surface area contributed by atoms with E-state index in [1.807, 2.05) is 24.3 Å². The van der Waals surface area contributed by atoms with E-state index in [1.54, 1.807) is 44.4 Å². The molecule has 4 aromatic rings. The summed E-state index contributed by atoms with van der Waals surface area (Å²) in [5.74, 6) is 0.196. The highest BCUT2D eigenvalue weighted by Crippen LogP contribution is 2.33. The maximum atomic E-state index is 13.1. The van der Waals surface area contributed by atoms with Crippen LogP contribution in [0.1, 0.15) is 25.3 Å². The zero-order valence-electron chi connectivity index (χ0n) is 19.3. The monoisotopic (exact) mass is 510 g/mol. The van der Waals surface area contributed by atoms with Crippen LogP contribution in [0.15, 0.2) is 59.5 Å². The van der Waals surface area contributed by atoms with Crippen LogP contribution in [0, 0.1) is 0 Å². The molecule has 0 atom stereocenters. The molecule has 0 aliphatic carbocycles. The molecular formula is C26H24Cl2N4O3. The summed E-state index contributed by atoms with van der Waals surface area (Å²) in [7, 11) is 1.65. The number of anilines is 2. The van der Waals surface area contributed by atoms with E-state index < -0.39 is 0 Å². The molecule has 1 N–H and O–H groups in total. The Labute approximate surface area is 212 Å². The van der Waals surface area contributed by atoms with Crippen LogP contribution in [0.5, 0.6) is 0 Å². The Morgan fingerprint density at radius 3 is 2.51 bits per heavy atom. The lowest BCUT2D eigenvalue weighted by Crippen LogP contribution is -2.20. The Morgan fingerprint density at radius 2 is 1.83 bits per heavy atom. The van der Waals surface area contributed by atoms with E-state index in [0.29, 0.717) is 51.2 Å². The van der Waals surface area contributed by atoms with Crippen LogP contribution in [-0.2, 0) is 23.0 Å². The van der Waals surface area contributed by atoms with Crippen molar-refractivity contribution in [1.82, 2.24) is 14.5 Å². The first kappa shape index (κ1) is 24.7. The molecule has 9 heteroatoms. The average Bonchev–Trinajstić information content (AvgIpc) is 2.83. The molecule has 2 heterocycles. The summed E-state index contributed by atoms with van der Waals surface area (Å²) in [5.41, 5.74) is 3.02. The smallest absolute Gasteiger partial charge is 0.305 e.